The second kappa shape index (κ2) is 9.54. The zero-order chi connectivity index (χ0) is 24.5. The summed E-state index contributed by atoms with van der Waals surface area (Å²) in [6, 6.07) is 17.0. The van der Waals surface area contributed by atoms with Crippen molar-refractivity contribution in [2.75, 3.05) is 19.7 Å². The van der Waals surface area contributed by atoms with Gasteiger partial charge in [-0.25, -0.2) is 9.59 Å². The number of hydrogen-bond acceptors (Lipinski definition) is 5. The molecule has 2 N–H and O–H groups in total. The SMILES string of the molecule is CC(CNC(=O)OCC1c2ccccc2-c2ccccc21)C(=O)N1CCc2sccc2C1C(=O)O. The van der Waals surface area contributed by atoms with E-state index in [1.54, 1.807) is 13.0 Å². The van der Waals surface area contributed by atoms with Gasteiger partial charge < -0.3 is 20.1 Å². The Bertz CT molecular complexity index is 1240. The first kappa shape index (κ1) is 23.1. The summed E-state index contributed by atoms with van der Waals surface area (Å²) >= 11 is 1.52. The molecular formula is C27H26N2O5S. The number of carbonyl (C=O) groups excluding carboxylic acids is 2. The molecule has 180 valence electrons. The molecule has 35 heavy (non-hydrogen) atoms. The molecular weight excluding hydrogens is 464 g/mol. The van der Waals surface area contributed by atoms with Crippen LogP contribution in [0.1, 0.15) is 40.5 Å². The van der Waals surface area contributed by atoms with Crippen LogP contribution in [0.3, 0.4) is 0 Å². The smallest absolute Gasteiger partial charge is 0.407 e. The van der Waals surface area contributed by atoms with Crippen molar-refractivity contribution in [2.45, 2.75) is 25.3 Å². The minimum absolute atomic E-state index is 0.0447. The third-order valence-corrected chi connectivity index (χ3v) is 7.80. The van der Waals surface area contributed by atoms with Crippen molar-refractivity contribution >= 4 is 29.3 Å². The Morgan fingerprint density at radius 2 is 1.71 bits per heavy atom. The number of carboxylic acids is 1. The van der Waals surface area contributed by atoms with Crippen molar-refractivity contribution in [3.05, 3.63) is 81.5 Å². The maximum Gasteiger partial charge on any atom is 0.407 e. The number of aliphatic carboxylic acids is 1. The van der Waals surface area contributed by atoms with E-state index in [9.17, 15) is 19.5 Å². The van der Waals surface area contributed by atoms with Crippen LogP contribution >= 0.6 is 11.3 Å². The van der Waals surface area contributed by atoms with Crippen LogP contribution in [0.15, 0.2) is 60.0 Å². The third kappa shape index (κ3) is 4.30. The molecule has 7 nitrogen and oxygen atoms in total. The van der Waals surface area contributed by atoms with E-state index in [1.807, 2.05) is 29.6 Å². The average molecular weight is 491 g/mol. The second-order valence-electron chi connectivity index (χ2n) is 8.93. The van der Waals surface area contributed by atoms with Crippen LogP contribution in [-0.2, 0) is 20.7 Å². The molecule has 2 amide bonds. The zero-order valence-corrected chi connectivity index (χ0v) is 20.1. The number of hydrogen-bond donors (Lipinski definition) is 2. The van der Waals surface area contributed by atoms with Gasteiger partial charge in [-0.15, -0.1) is 11.3 Å². The minimum Gasteiger partial charge on any atom is -0.479 e. The predicted octanol–water partition coefficient (Wildman–Crippen LogP) is 4.43. The fraction of sp³-hybridized carbons (Fsp3) is 0.296. The lowest BCUT2D eigenvalue weighted by molar-refractivity contribution is -0.152. The largest absolute Gasteiger partial charge is 0.479 e. The summed E-state index contributed by atoms with van der Waals surface area (Å²) in [6.07, 6.45) is 0.0368. The van der Waals surface area contributed by atoms with Gasteiger partial charge in [0.25, 0.3) is 0 Å². The highest BCUT2D eigenvalue weighted by atomic mass is 32.1. The number of alkyl carbamates (subject to hydrolysis) is 1. The first-order valence-electron chi connectivity index (χ1n) is 11.6. The van der Waals surface area contributed by atoms with Gasteiger partial charge in [-0.1, -0.05) is 55.5 Å². The van der Waals surface area contributed by atoms with Gasteiger partial charge in [0.1, 0.15) is 6.61 Å². The normalized spacial score (nSPS) is 17.2. The van der Waals surface area contributed by atoms with Gasteiger partial charge in [0.15, 0.2) is 6.04 Å². The first-order valence-corrected chi connectivity index (χ1v) is 12.5. The van der Waals surface area contributed by atoms with Crippen LogP contribution in [0.2, 0.25) is 0 Å². The molecule has 1 aliphatic heterocycles. The molecule has 2 aromatic carbocycles. The summed E-state index contributed by atoms with van der Waals surface area (Å²) in [6.45, 7) is 2.29. The zero-order valence-electron chi connectivity index (χ0n) is 19.3. The Morgan fingerprint density at radius 1 is 1.06 bits per heavy atom. The summed E-state index contributed by atoms with van der Waals surface area (Å²) < 4.78 is 5.54. The second-order valence-corrected chi connectivity index (χ2v) is 9.93. The van der Waals surface area contributed by atoms with Crippen molar-refractivity contribution in [1.82, 2.24) is 10.2 Å². The lowest BCUT2D eigenvalue weighted by atomic mass is 9.98. The molecule has 0 saturated carbocycles. The van der Waals surface area contributed by atoms with Crippen LogP contribution in [0.5, 0.6) is 0 Å². The minimum atomic E-state index is -1.05. The van der Waals surface area contributed by atoms with E-state index in [-0.39, 0.29) is 25.0 Å². The molecule has 3 aromatic rings. The summed E-state index contributed by atoms with van der Waals surface area (Å²) in [7, 11) is 0. The van der Waals surface area contributed by atoms with Crippen molar-refractivity contribution in [3.8, 4) is 11.1 Å². The molecule has 0 fully saturated rings. The van der Waals surface area contributed by atoms with Crippen molar-refractivity contribution in [3.63, 3.8) is 0 Å². The quantitative estimate of drug-likeness (QED) is 0.533. The summed E-state index contributed by atoms with van der Waals surface area (Å²) in [4.78, 5) is 39.9. The third-order valence-electron chi connectivity index (χ3n) is 6.80. The maximum absolute atomic E-state index is 13.1. The van der Waals surface area contributed by atoms with Crippen molar-refractivity contribution < 1.29 is 24.2 Å². The lowest BCUT2D eigenvalue weighted by Gasteiger charge is -2.34. The van der Waals surface area contributed by atoms with Crippen LogP contribution in [0.25, 0.3) is 11.1 Å². The Morgan fingerprint density at radius 3 is 2.37 bits per heavy atom. The maximum atomic E-state index is 13.1. The molecule has 2 atom stereocenters. The molecule has 1 aliphatic carbocycles. The van der Waals surface area contributed by atoms with Crippen LogP contribution < -0.4 is 5.32 Å². The van der Waals surface area contributed by atoms with E-state index in [0.29, 0.717) is 18.5 Å². The van der Waals surface area contributed by atoms with Crippen LogP contribution in [0.4, 0.5) is 4.79 Å². The van der Waals surface area contributed by atoms with Crippen LogP contribution in [0, 0.1) is 5.92 Å². The number of fused-ring (bicyclic) bond motifs is 4. The number of carboxylic acid groups (broad SMARTS) is 1. The summed E-state index contributed by atoms with van der Waals surface area (Å²) in [5.74, 6) is -1.98. The average Bonchev–Trinajstić information content (AvgIpc) is 3.47. The Labute approximate surface area is 207 Å². The number of thiophene rings is 1. The molecule has 8 heteroatoms. The monoisotopic (exact) mass is 490 g/mol. The van der Waals surface area contributed by atoms with E-state index in [0.717, 1.165) is 27.1 Å². The van der Waals surface area contributed by atoms with Crippen LogP contribution in [-0.4, -0.2) is 47.7 Å². The highest BCUT2D eigenvalue weighted by molar-refractivity contribution is 7.10. The first-order chi connectivity index (χ1) is 17.0. The highest BCUT2D eigenvalue weighted by Gasteiger charge is 2.38. The number of carbonyl (C=O) groups is 3. The Kier molecular flexibility index (Phi) is 6.30. The van der Waals surface area contributed by atoms with Gasteiger partial charge in [0.2, 0.25) is 5.91 Å². The Hall–Kier alpha value is -3.65. The number of rotatable bonds is 6. The lowest BCUT2D eigenvalue weighted by Crippen LogP contribution is -2.47. The van der Waals surface area contributed by atoms with Gasteiger partial charge >= 0.3 is 12.1 Å². The fourth-order valence-corrected chi connectivity index (χ4v) is 5.98. The van der Waals surface area contributed by atoms with Gasteiger partial charge in [-0.05, 0) is 45.7 Å². The molecule has 0 radical (unpaired) electrons. The fourth-order valence-electron chi connectivity index (χ4n) is 5.08. The highest BCUT2D eigenvalue weighted by Crippen LogP contribution is 2.44. The number of ether oxygens (including phenoxy) is 1. The Balaban J connectivity index is 1.18. The van der Waals surface area contributed by atoms with E-state index >= 15 is 0 Å². The van der Waals surface area contributed by atoms with E-state index in [2.05, 4.69) is 29.6 Å². The standard InChI is InChI=1S/C27H26N2O5S/c1-16(25(30)29-12-10-23-21(11-13-35-23)24(29)26(31)32)14-28-27(33)34-15-22-19-8-4-2-6-17(19)18-7-3-5-9-20(18)22/h2-9,11,13,16,22,24H,10,12,14-15H2,1H3,(H,28,33)(H,31,32). The van der Waals surface area contributed by atoms with Crippen molar-refractivity contribution in [1.29, 1.82) is 0 Å². The number of nitrogens with one attached hydrogen (secondary N) is 1. The molecule has 2 heterocycles. The van der Waals surface area contributed by atoms with Gasteiger partial charge in [0, 0.05) is 23.9 Å². The molecule has 1 aromatic heterocycles. The van der Waals surface area contributed by atoms with Gasteiger partial charge in [-0.2, -0.15) is 0 Å². The van der Waals surface area contributed by atoms with Gasteiger partial charge in [-0.3, -0.25) is 4.79 Å². The molecule has 0 saturated heterocycles. The molecule has 2 unspecified atom stereocenters. The summed E-state index contributed by atoms with van der Waals surface area (Å²) in [5, 5.41) is 14.3. The number of nitrogens with zero attached hydrogens (tertiary/aromatic N) is 1. The van der Waals surface area contributed by atoms with Crippen molar-refractivity contribution in [2.24, 2.45) is 5.92 Å². The molecule has 5 rings (SSSR count). The molecule has 0 spiro atoms. The number of amides is 2. The molecule has 2 aliphatic rings. The predicted molar refractivity (Wildman–Crippen MR) is 132 cm³/mol. The topological polar surface area (TPSA) is 95.9 Å². The van der Waals surface area contributed by atoms with Gasteiger partial charge in [0.05, 0.1) is 5.92 Å². The summed E-state index contributed by atoms with van der Waals surface area (Å²) in [5.41, 5.74) is 5.24. The van der Waals surface area contributed by atoms with E-state index in [1.165, 1.54) is 16.2 Å². The molecule has 0 bridgehead atoms. The van der Waals surface area contributed by atoms with E-state index < -0.39 is 24.0 Å². The van der Waals surface area contributed by atoms with E-state index in [4.69, 9.17) is 4.74 Å². The number of benzene rings is 2.